The quantitative estimate of drug-likeness (QED) is 0.821. The maximum atomic E-state index is 12.4. The molecular weight excluding hydrogens is 260 g/mol. The molecule has 0 aromatic heterocycles. The lowest BCUT2D eigenvalue weighted by atomic mass is 9.74. The van der Waals surface area contributed by atoms with Gasteiger partial charge in [-0.05, 0) is 51.4 Å². The molecule has 0 saturated heterocycles. The van der Waals surface area contributed by atoms with Crippen molar-refractivity contribution in [1.29, 1.82) is 0 Å². The van der Waals surface area contributed by atoms with Crippen molar-refractivity contribution in [2.45, 2.75) is 76.8 Å². The van der Waals surface area contributed by atoms with Crippen molar-refractivity contribution in [2.75, 3.05) is 0 Å². The molecule has 0 aromatic carbocycles. The number of hydrogen-bond acceptors (Lipinski definition) is 2. The molecule has 4 heteroatoms. The molecule has 3 N–H and O–H groups in total. The van der Waals surface area contributed by atoms with Crippen LogP contribution in [0.5, 0.6) is 0 Å². The van der Waals surface area contributed by atoms with Crippen LogP contribution in [-0.4, -0.2) is 17.5 Å². The Balaban J connectivity index is 0.00000180. The molecule has 2 aliphatic rings. The molecule has 112 valence electrons. The van der Waals surface area contributed by atoms with E-state index in [9.17, 15) is 4.79 Å². The van der Waals surface area contributed by atoms with Gasteiger partial charge in [-0.15, -0.1) is 12.4 Å². The molecule has 0 heterocycles. The number of hydrogen-bond donors (Lipinski definition) is 2. The standard InChI is InChI=1S/C15H28N2O.ClH/c1-11-6-8-12(9-7-11)17-14(18)13-5-3-4-10-15(13,2)16;/h11-13H,3-10,16H2,1-2H3,(H,17,18);1H. The molecule has 2 fully saturated rings. The van der Waals surface area contributed by atoms with E-state index in [4.69, 9.17) is 5.73 Å². The number of carbonyl (C=O) groups is 1. The van der Waals surface area contributed by atoms with E-state index in [0.717, 1.165) is 44.4 Å². The average molecular weight is 289 g/mol. The fraction of sp³-hybridized carbons (Fsp3) is 0.933. The predicted octanol–water partition coefficient (Wildman–Crippen LogP) is 3.01. The second kappa shape index (κ2) is 6.94. The van der Waals surface area contributed by atoms with Crippen molar-refractivity contribution in [3.8, 4) is 0 Å². The van der Waals surface area contributed by atoms with Crippen molar-refractivity contribution in [2.24, 2.45) is 17.6 Å². The van der Waals surface area contributed by atoms with Gasteiger partial charge in [0.05, 0.1) is 5.92 Å². The van der Waals surface area contributed by atoms with Crippen molar-refractivity contribution < 1.29 is 4.79 Å². The summed E-state index contributed by atoms with van der Waals surface area (Å²) in [4.78, 5) is 12.4. The van der Waals surface area contributed by atoms with Crippen LogP contribution < -0.4 is 11.1 Å². The van der Waals surface area contributed by atoms with Gasteiger partial charge in [0.1, 0.15) is 0 Å². The van der Waals surface area contributed by atoms with Crippen LogP contribution in [0.4, 0.5) is 0 Å². The third-order valence-corrected chi connectivity index (χ3v) is 4.93. The number of nitrogens with one attached hydrogen (secondary N) is 1. The minimum Gasteiger partial charge on any atom is -0.353 e. The monoisotopic (exact) mass is 288 g/mol. The number of halogens is 1. The van der Waals surface area contributed by atoms with Gasteiger partial charge in [-0.1, -0.05) is 19.8 Å². The summed E-state index contributed by atoms with van der Waals surface area (Å²) in [6, 6.07) is 0.395. The Morgan fingerprint density at radius 1 is 1.16 bits per heavy atom. The van der Waals surface area contributed by atoms with Crippen molar-refractivity contribution in [1.82, 2.24) is 5.32 Å². The lowest BCUT2D eigenvalue weighted by molar-refractivity contribution is -0.129. The first kappa shape index (κ1) is 16.8. The molecule has 2 saturated carbocycles. The van der Waals surface area contributed by atoms with Gasteiger partial charge in [-0.3, -0.25) is 4.79 Å². The number of carbonyl (C=O) groups excluding carboxylic acids is 1. The first-order valence-electron chi connectivity index (χ1n) is 7.58. The predicted molar refractivity (Wildman–Crippen MR) is 81.4 cm³/mol. The summed E-state index contributed by atoms with van der Waals surface area (Å²) >= 11 is 0. The van der Waals surface area contributed by atoms with Crippen LogP contribution in [0.15, 0.2) is 0 Å². The first-order chi connectivity index (χ1) is 8.49. The number of nitrogens with two attached hydrogens (primary N) is 1. The van der Waals surface area contributed by atoms with Crippen LogP contribution in [0.1, 0.15) is 65.2 Å². The summed E-state index contributed by atoms with van der Waals surface area (Å²) in [5, 5.41) is 3.25. The highest BCUT2D eigenvalue weighted by atomic mass is 35.5. The van der Waals surface area contributed by atoms with Crippen molar-refractivity contribution in [3.05, 3.63) is 0 Å². The molecule has 2 unspecified atom stereocenters. The fourth-order valence-corrected chi connectivity index (χ4v) is 3.50. The third kappa shape index (κ3) is 4.35. The van der Waals surface area contributed by atoms with Gasteiger partial charge in [0.15, 0.2) is 0 Å². The number of rotatable bonds is 2. The van der Waals surface area contributed by atoms with E-state index >= 15 is 0 Å². The average Bonchev–Trinajstić information content (AvgIpc) is 2.31. The van der Waals surface area contributed by atoms with Gasteiger partial charge >= 0.3 is 0 Å². The Morgan fingerprint density at radius 2 is 1.79 bits per heavy atom. The molecule has 19 heavy (non-hydrogen) atoms. The molecular formula is C15H29ClN2O. The summed E-state index contributed by atoms with van der Waals surface area (Å²) in [7, 11) is 0. The second-order valence-electron chi connectivity index (χ2n) is 6.77. The summed E-state index contributed by atoms with van der Waals surface area (Å²) < 4.78 is 0. The van der Waals surface area contributed by atoms with Crippen molar-refractivity contribution in [3.63, 3.8) is 0 Å². The van der Waals surface area contributed by atoms with E-state index in [0.29, 0.717) is 6.04 Å². The fourth-order valence-electron chi connectivity index (χ4n) is 3.50. The first-order valence-corrected chi connectivity index (χ1v) is 7.58. The number of amides is 1. The minimum atomic E-state index is -0.301. The Morgan fingerprint density at radius 3 is 2.37 bits per heavy atom. The SMILES string of the molecule is CC1CCC(NC(=O)C2CCCCC2(C)N)CC1.Cl. The Bertz CT molecular complexity index is 299. The lowest BCUT2D eigenvalue weighted by Gasteiger charge is -2.38. The highest BCUT2D eigenvalue weighted by Crippen LogP contribution is 2.32. The molecule has 2 atom stereocenters. The third-order valence-electron chi connectivity index (χ3n) is 4.93. The van der Waals surface area contributed by atoms with Crippen LogP contribution in [0, 0.1) is 11.8 Å². The smallest absolute Gasteiger partial charge is 0.225 e. The van der Waals surface area contributed by atoms with E-state index < -0.39 is 0 Å². The molecule has 0 bridgehead atoms. The van der Waals surface area contributed by atoms with E-state index in [1.165, 1.54) is 12.8 Å². The van der Waals surface area contributed by atoms with Gasteiger partial charge in [0.25, 0.3) is 0 Å². The molecule has 1 amide bonds. The molecule has 2 rings (SSSR count). The van der Waals surface area contributed by atoms with Crippen molar-refractivity contribution >= 4 is 18.3 Å². The van der Waals surface area contributed by atoms with Gasteiger partial charge in [0.2, 0.25) is 5.91 Å². The van der Waals surface area contributed by atoms with Crippen LogP contribution in [0.25, 0.3) is 0 Å². The highest BCUT2D eigenvalue weighted by molar-refractivity contribution is 5.85. The molecule has 0 aromatic rings. The zero-order chi connectivity index (χ0) is 13.2. The Kier molecular flexibility index (Phi) is 6.13. The zero-order valence-corrected chi connectivity index (χ0v) is 13.1. The summed E-state index contributed by atoms with van der Waals surface area (Å²) in [5.41, 5.74) is 5.99. The van der Waals surface area contributed by atoms with Gasteiger partial charge < -0.3 is 11.1 Å². The summed E-state index contributed by atoms with van der Waals surface area (Å²) in [5.74, 6) is 1.05. The highest BCUT2D eigenvalue weighted by Gasteiger charge is 2.38. The van der Waals surface area contributed by atoms with Crippen LogP contribution in [0.2, 0.25) is 0 Å². The summed E-state index contributed by atoms with van der Waals surface area (Å²) in [6.07, 6.45) is 9.02. The molecule has 0 radical (unpaired) electrons. The molecule has 3 nitrogen and oxygen atoms in total. The molecule has 2 aliphatic carbocycles. The largest absolute Gasteiger partial charge is 0.353 e. The lowest BCUT2D eigenvalue weighted by Crippen LogP contribution is -2.54. The second-order valence-corrected chi connectivity index (χ2v) is 6.77. The van der Waals surface area contributed by atoms with Crippen LogP contribution in [-0.2, 0) is 4.79 Å². The van der Waals surface area contributed by atoms with Crippen LogP contribution in [0.3, 0.4) is 0 Å². The van der Waals surface area contributed by atoms with Gasteiger partial charge in [0, 0.05) is 11.6 Å². The molecule has 0 spiro atoms. The normalized spacial score (nSPS) is 39.2. The molecule has 0 aliphatic heterocycles. The maximum absolute atomic E-state index is 12.4. The zero-order valence-electron chi connectivity index (χ0n) is 12.3. The maximum Gasteiger partial charge on any atom is 0.225 e. The summed E-state index contributed by atoms with van der Waals surface area (Å²) in [6.45, 7) is 4.34. The van der Waals surface area contributed by atoms with E-state index in [1.807, 2.05) is 6.92 Å². The topological polar surface area (TPSA) is 55.1 Å². The van der Waals surface area contributed by atoms with E-state index in [2.05, 4.69) is 12.2 Å². The Hall–Kier alpha value is -0.280. The minimum absolute atomic E-state index is 0. The van der Waals surface area contributed by atoms with E-state index in [-0.39, 0.29) is 29.8 Å². The van der Waals surface area contributed by atoms with Crippen LogP contribution >= 0.6 is 12.4 Å². The van der Waals surface area contributed by atoms with E-state index in [1.54, 1.807) is 0 Å². The van der Waals surface area contributed by atoms with Gasteiger partial charge in [-0.25, -0.2) is 0 Å². The van der Waals surface area contributed by atoms with Gasteiger partial charge in [-0.2, -0.15) is 0 Å². The Labute approximate surface area is 123 Å².